The van der Waals surface area contributed by atoms with Gasteiger partial charge in [-0.3, -0.25) is 0 Å². The predicted octanol–water partition coefficient (Wildman–Crippen LogP) is 3.99. The molecule has 0 N–H and O–H groups in total. The standard InChI is InChI=1S/C15H11N/c1-10-9-16-14-8-3-2-5-12(14)13-7-4-6-11(10)15(13)16/h2-9H,1H3. The van der Waals surface area contributed by atoms with Crippen LogP contribution in [0.4, 0.5) is 0 Å². The van der Waals surface area contributed by atoms with E-state index in [1.54, 1.807) is 0 Å². The predicted molar refractivity (Wildman–Crippen MR) is 68.3 cm³/mol. The van der Waals surface area contributed by atoms with Gasteiger partial charge in [-0.05, 0) is 18.6 Å². The number of benzene rings is 2. The molecule has 0 fully saturated rings. The van der Waals surface area contributed by atoms with Gasteiger partial charge in [-0.15, -0.1) is 0 Å². The molecule has 0 bridgehead atoms. The van der Waals surface area contributed by atoms with Crippen LogP contribution in [-0.4, -0.2) is 4.40 Å². The average molecular weight is 205 g/mol. The van der Waals surface area contributed by atoms with E-state index < -0.39 is 0 Å². The highest BCUT2D eigenvalue weighted by Crippen LogP contribution is 2.34. The summed E-state index contributed by atoms with van der Waals surface area (Å²) in [6.45, 7) is 2.18. The lowest BCUT2D eigenvalue weighted by molar-refractivity contribution is 1.28. The summed E-state index contributed by atoms with van der Waals surface area (Å²) >= 11 is 0. The topological polar surface area (TPSA) is 4.41 Å². The first-order valence-electron chi connectivity index (χ1n) is 5.57. The summed E-state index contributed by atoms with van der Waals surface area (Å²) in [5.41, 5.74) is 4.02. The minimum atomic E-state index is 1.31. The van der Waals surface area contributed by atoms with Crippen LogP contribution in [0.3, 0.4) is 0 Å². The minimum Gasteiger partial charge on any atom is -0.315 e. The highest BCUT2D eigenvalue weighted by atomic mass is 14.9. The van der Waals surface area contributed by atoms with Crippen LogP contribution < -0.4 is 0 Å². The van der Waals surface area contributed by atoms with Crippen LogP contribution >= 0.6 is 0 Å². The molecule has 0 atom stereocenters. The first-order valence-corrected chi connectivity index (χ1v) is 5.57. The maximum atomic E-state index is 2.31. The molecule has 2 aromatic heterocycles. The fourth-order valence-corrected chi connectivity index (χ4v) is 2.77. The molecule has 76 valence electrons. The molecule has 0 aliphatic heterocycles. The zero-order valence-electron chi connectivity index (χ0n) is 9.07. The Bertz CT molecular complexity index is 808. The van der Waals surface area contributed by atoms with E-state index in [0.717, 1.165) is 0 Å². The quantitative estimate of drug-likeness (QED) is 0.409. The molecule has 2 aromatic carbocycles. The van der Waals surface area contributed by atoms with E-state index >= 15 is 0 Å². The van der Waals surface area contributed by atoms with Gasteiger partial charge in [0, 0.05) is 22.4 Å². The lowest BCUT2D eigenvalue weighted by Crippen LogP contribution is -1.74. The monoisotopic (exact) mass is 205 g/mol. The number of hydrogen-bond donors (Lipinski definition) is 0. The molecule has 0 saturated carbocycles. The van der Waals surface area contributed by atoms with E-state index in [0.29, 0.717) is 0 Å². The van der Waals surface area contributed by atoms with Crippen molar-refractivity contribution in [2.45, 2.75) is 6.92 Å². The Hall–Kier alpha value is -2.02. The molecule has 1 heteroatoms. The fourth-order valence-electron chi connectivity index (χ4n) is 2.77. The van der Waals surface area contributed by atoms with Gasteiger partial charge in [0.2, 0.25) is 0 Å². The number of rotatable bonds is 0. The van der Waals surface area contributed by atoms with Crippen LogP contribution in [0.1, 0.15) is 5.56 Å². The van der Waals surface area contributed by atoms with Gasteiger partial charge in [-0.2, -0.15) is 0 Å². The van der Waals surface area contributed by atoms with Gasteiger partial charge in [0.05, 0.1) is 11.0 Å². The number of fused-ring (bicyclic) bond motifs is 3. The van der Waals surface area contributed by atoms with Crippen LogP contribution in [0.25, 0.3) is 27.2 Å². The Labute approximate surface area is 93.3 Å². The van der Waals surface area contributed by atoms with Crippen molar-refractivity contribution in [2.24, 2.45) is 0 Å². The van der Waals surface area contributed by atoms with Gasteiger partial charge in [-0.25, -0.2) is 0 Å². The molecule has 0 aliphatic carbocycles. The molecule has 4 rings (SSSR count). The molecule has 2 heterocycles. The van der Waals surface area contributed by atoms with Crippen LogP contribution in [0.2, 0.25) is 0 Å². The smallest absolute Gasteiger partial charge is 0.0610 e. The lowest BCUT2D eigenvalue weighted by Gasteiger charge is -1.92. The highest BCUT2D eigenvalue weighted by molar-refractivity contribution is 6.14. The maximum absolute atomic E-state index is 2.31. The normalized spacial score (nSPS) is 12.1. The van der Waals surface area contributed by atoms with Gasteiger partial charge < -0.3 is 4.40 Å². The van der Waals surface area contributed by atoms with Crippen molar-refractivity contribution in [1.82, 2.24) is 4.40 Å². The summed E-state index contributed by atoms with van der Waals surface area (Å²) in [5, 5.41) is 4.08. The largest absolute Gasteiger partial charge is 0.315 e. The maximum Gasteiger partial charge on any atom is 0.0610 e. The third-order valence-corrected chi connectivity index (χ3v) is 3.48. The second kappa shape index (κ2) is 2.56. The summed E-state index contributed by atoms with van der Waals surface area (Å²) in [6, 6.07) is 15.2. The van der Waals surface area contributed by atoms with Crippen LogP contribution in [0.15, 0.2) is 48.7 Å². The Morgan fingerprint density at radius 1 is 0.812 bits per heavy atom. The Kier molecular flexibility index (Phi) is 1.31. The van der Waals surface area contributed by atoms with Gasteiger partial charge in [-0.1, -0.05) is 36.4 Å². The number of aromatic nitrogens is 1. The van der Waals surface area contributed by atoms with Crippen molar-refractivity contribution >= 4 is 27.2 Å². The SMILES string of the molecule is Cc1cn2c3ccccc3c3cccc1c32. The molecular formula is C15H11N. The van der Waals surface area contributed by atoms with Crippen molar-refractivity contribution in [1.29, 1.82) is 0 Å². The van der Waals surface area contributed by atoms with E-state index in [4.69, 9.17) is 0 Å². The molecule has 0 spiro atoms. The third-order valence-electron chi connectivity index (χ3n) is 3.48. The van der Waals surface area contributed by atoms with Gasteiger partial charge >= 0.3 is 0 Å². The van der Waals surface area contributed by atoms with Crippen molar-refractivity contribution in [3.8, 4) is 0 Å². The van der Waals surface area contributed by atoms with Crippen molar-refractivity contribution in [2.75, 3.05) is 0 Å². The zero-order chi connectivity index (χ0) is 10.7. The van der Waals surface area contributed by atoms with E-state index in [1.807, 2.05) is 0 Å². The Morgan fingerprint density at radius 2 is 1.56 bits per heavy atom. The lowest BCUT2D eigenvalue weighted by atomic mass is 10.1. The molecule has 0 unspecified atom stereocenters. The minimum absolute atomic E-state index is 1.31. The molecule has 0 saturated heterocycles. The van der Waals surface area contributed by atoms with Crippen molar-refractivity contribution < 1.29 is 0 Å². The van der Waals surface area contributed by atoms with E-state index in [1.165, 1.54) is 32.8 Å². The average Bonchev–Trinajstić information content (AvgIpc) is 2.82. The third kappa shape index (κ3) is 0.782. The molecule has 0 aliphatic rings. The molecular weight excluding hydrogens is 194 g/mol. The van der Waals surface area contributed by atoms with Crippen LogP contribution in [0, 0.1) is 6.92 Å². The molecule has 16 heavy (non-hydrogen) atoms. The summed E-state index contributed by atoms with van der Waals surface area (Å²) in [5.74, 6) is 0. The van der Waals surface area contributed by atoms with Gasteiger partial charge in [0.1, 0.15) is 0 Å². The molecule has 1 nitrogen and oxygen atoms in total. The van der Waals surface area contributed by atoms with Gasteiger partial charge in [0.15, 0.2) is 0 Å². The zero-order valence-corrected chi connectivity index (χ0v) is 9.07. The number of hydrogen-bond acceptors (Lipinski definition) is 0. The molecule has 4 aromatic rings. The first-order chi connectivity index (χ1) is 7.86. The number of aryl methyl sites for hydroxylation is 1. The van der Waals surface area contributed by atoms with E-state index in [2.05, 4.69) is 60.0 Å². The number of nitrogens with zero attached hydrogens (tertiary/aromatic N) is 1. The summed E-state index contributed by atoms with van der Waals surface area (Å²) in [4.78, 5) is 0. The Morgan fingerprint density at radius 3 is 2.50 bits per heavy atom. The summed E-state index contributed by atoms with van der Waals surface area (Å²) in [6.07, 6.45) is 2.24. The van der Waals surface area contributed by atoms with E-state index in [9.17, 15) is 0 Å². The van der Waals surface area contributed by atoms with Crippen LogP contribution in [0.5, 0.6) is 0 Å². The second-order valence-corrected chi connectivity index (χ2v) is 4.40. The van der Waals surface area contributed by atoms with E-state index in [-0.39, 0.29) is 0 Å². The highest BCUT2D eigenvalue weighted by Gasteiger charge is 2.12. The molecule has 0 radical (unpaired) electrons. The summed E-state index contributed by atoms with van der Waals surface area (Å²) < 4.78 is 2.31. The fraction of sp³-hybridized carbons (Fsp3) is 0.0667. The van der Waals surface area contributed by atoms with Crippen molar-refractivity contribution in [3.05, 3.63) is 54.2 Å². The van der Waals surface area contributed by atoms with Crippen LogP contribution in [-0.2, 0) is 0 Å². The second-order valence-electron chi connectivity index (χ2n) is 4.40. The van der Waals surface area contributed by atoms with Gasteiger partial charge in [0.25, 0.3) is 0 Å². The molecule has 0 amide bonds. The van der Waals surface area contributed by atoms with Crippen molar-refractivity contribution in [3.63, 3.8) is 0 Å². The summed E-state index contributed by atoms with van der Waals surface area (Å²) in [7, 11) is 0. The number of para-hydroxylation sites is 2. The Balaban J connectivity index is 2.50. The first kappa shape index (κ1) is 8.17.